The van der Waals surface area contributed by atoms with Crippen LogP contribution in [0.2, 0.25) is 0 Å². The van der Waals surface area contributed by atoms with Gasteiger partial charge in [0.2, 0.25) is 11.5 Å². The van der Waals surface area contributed by atoms with E-state index >= 15 is 0 Å². The highest BCUT2D eigenvalue weighted by atomic mass is 16.5. The zero-order valence-corrected chi connectivity index (χ0v) is 17.6. The van der Waals surface area contributed by atoms with E-state index in [-0.39, 0.29) is 11.1 Å². The van der Waals surface area contributed by atoms with Crippen molar-refractivity contribution in [1.29, 1.82) is 0 Å². The molecule has 0 heterocycles. The number of amides is 2. The third-order valence-corrected chi connectivity index (χ3v) is 4.14. The fourth-order valence-corrected chi connectivity index (χ4v) is 2.68. The maximum absolute atomic E-state index is 12.5. The van der Waals surface area contributed by atoms with Gasteiger partial charge >= 0.3 is 0 Å². The van der Waals surface area contributed by atoms with E-state index in [1.54, 1.807) is 0 Å². The summed E-state index contributed by atoms with van der Waals surface area (Å²) < 4.78 is 31.4. The molecule has 0 unspecified atom stereocenters. The predicted octanol–water partition coefficient (Wildman–Crippen LogP) is 1.81. The predicted molar refractivity (Wildman–Crippen MR) is 107 cm³/mol. The van der Waals surface area contributed by atoms with Crippen molar-refractivity contribution < 1.29 is 38.0 Å². The molecule has 0 aliphatic rings. The summed E-state index contributed by atoms with van der Waals surface area (Å²) in [4.78, 5) is 25.0. The Morgan fingerprint density at radius 2 is 0.800 bits per heavy atom. The van der Waals surface area contributed by atoms with Crippen molar-refractivity contribution in [3.05, 3.63) is 35.4 Å². The SMILES string of the molecule is COc1cc(C(=O)NNC(=O)c2cc(OC)c(OC)c(OC)c2)cc(OC)c1OC. The molecule has 10 heteroatoms. The van der Waals surface area contributed by atoms with Crippen molar-refractivity contribution >= 4 is 11.8 Å². The van der Waals surface area contributed by atoms with Crippen LogP contribution in [0.15, 0.2) is 24.3 Å². The molecule has 2 amide bonds. The van der Waals surface area contributed by atoms with Gasteiger partial charge in [0.15, 0.2) is 23.0 Å². The Bertz CT molecular complexity index is 804. The van der Waals surface area contributed by atoms with Crippen molar-refractivity contribution in [3.63, 3.8) is 0 Å². The lowest BCUT2D eigenvalue weighted by Crippen LogP contribution is -2.41. The minimum Gasteiger partial charge on any atom is -0.493 e. The Hall–Kier alpha value is -3.82. The third kappa shape index (κ3) is 4.59. The van der Waals surface area contributed by atoms with Gasteiger partial charge in [0.05, 0.1) is 42.7 Å². The zero-order valence-electron chi connectivity index (χ0n) is 17.6. The number of methoxy groups -OCH3 is 6. The lowest BCUT2D eigenvalue weighted by molar-refractivity contribution is 0.0846. The molecule has 162 valence electrons. The lowest BCUT2D eigenvalue weighted by atomic mass is 10.1. The van der Waals surface area contributed by atoms with Gasteiger partial charge in [-0.25, -0.2) is 0 Å². The quantitative estimate of drug-likeness (QED) is 0.622. The number of hydrogen-bond acceptors (Lipinski definition) is 8. The molecule has 0 atom stereocenters. The molecule has 30 heavy (non-hydrogen) atoms. The first-order valence-corrected chi connectivity index (χ1v) is 8.64. The largest absolute Gasteiger partial charge is 0.493 e. The fraction of sp³-hybridized carbons (Fsp3) is 0.300. The Morgan fingerprint density at radius 3 is 1.00 bits per heavy atom. The zero-order chi connectivity index (χ0) is 22.3. The highest BCUT2D eigenvalue weighted by Crippen LogP contribution is 2.39. The minimum atomic E-state index is -0.588. The highest BCUT2D eigenvalue weighted by molar-refractivity contribution is 6.00. The topological polar surface area (TPSA) is 114 Å². The molecule has 10 nitrogen and oxygen atoms in total. The van der Waals surface area contributed by atoms with E-state index < -0.39 is 11.8 Å². The van der Waals surface area contributed by atoms with E-state index in [1.165, 1.54) is 66.9 Å². The molecule has 0 aliphatic carbocycles. The monoisotopic (exact) mass is 420 g/mol. The van der Waals surface area contributed by atoms with Crippen LogP contribution in [0.3, 0.4) is 0 Å². The number of carbonyl (C=O) groups excluding carboxylic acids is 2. The van der Waals surface area contributed by atoms with Crippen LogP contribution < -0.4 is 39.3 Å². The number of ether oxygens (including phenoxy) is 6. The third-order valence-electron chi connectivity index (χ3n) is 4.14. The molecule has 2 rings (SSSR count). The first kappa shape index (κ1) is 22.5. The molecule has 2 aromatic rings. The Balaban J connectivity index is 2.21. The molecule has 2 N–H and O–H groups in total. The van der Waals surface area contributed by atoms with Crippen LogP contribution in [0.1, 0.15) is 20.7 Å². The number of rotatable bonds is 8. The molecule has 0 radical (unpaired) electrons. The average Bonchev–Trinajstić information content (AvgIpc) is 2.79. The Morgan fingerprint density at radius 1 is 0.533 bits per heavy atom. The van der Waals surface area contributed by atoms with E-state index in [4.69, 9.17) is 28.4 Å². The van der Waals surface area contributed by atoms with Crippen LogP contribution in [-0.4, -0.2) is 54.5 Å². The van der Waals surface area contributed by atoms with Crippen molar-refractivity contribution in [2.24, 2.45) is 0 Å². The summed E-state index contributed by atoms with van der Waals surface area (Å²) >= 11 is 0. The molecule has 0 bridgehead atoms. The summed E-state index contributed by atoms with van der Waals surface area (Å²) in [6.45, 7) is 0. The fourth-order valence-electron chi connectivity index (χ4n) is 2.68. The summed E-state index contributed by atoms with van der Waals surface area (Å²) in [5.41, 5.74) is 5.05. The van der Waals surface area contributed by atoms with E-state index in [9.17, 15) is 9.59 Å². The van der Waals surface area contributed by atoms with Gasteiger partial charge < -0.3 is 28.4 Å². The van der Waals surface area contributed by atoms with Gasteiger partial charge in [-0.2, -0.15) is 0 Å². The average molecular weight is 420 g/mol. The molecule has 2 aromatic carbocycles. The normalized spacial score (nSPS) is 9.93. The minimum absolute atomic E-state index is 0.190. The van der Waals surface area contributed by atoms with Gasteiger partial charge in [-0.3, -0.25) is 20.4 Å². The van der Waals surface area contributed by atoms with E-state index in [2.05, 4.69) is 10.9 Å². The molecule has 0 aliphatic heterocycles. The molecule has 0 fully saturated rings. The van der Waals surface area contributed by atoms with Gasteiger partial charge in [0, 0.05) is 11.1 Å². The number of benzene rings is 2. The van der Waals surface area contributed by atoms with Gasteiger partial charge in [-0.05, 0) is 24.3 Å². The standard InChI is InChI=1S/C20H24N2O8/c1-25-13-7-11(8-14(26-2)17(13)29-5)19(23)21-22-20(24)12-9-15(27-3)18(30-6)16(10-12)28-4/h7-10H,1-6H3,(H,21,23)(H,22,24). The maximum Gasteiger partial charge on any atom is 0.269 e. The molecule has 0 aromatic heterocycles. The van der Waals surface area contributed by atoms with Gasteiger partial charge in [-0.1, -0.05) is 0 Å². The second kappa shape index (κ2) is 10.1. The van der Waals surface area contributed by atoms with Gasteiger partial charge in [0.1, 0.15) is 0 Å². The van der Waals surface area contributed by atoms with E-state index in [0.717, 1.165) is 0 Å². The highest BCUT2D eigenvalue weighted by Gasteiger charge is 2.19. The van der Waals surface area contributed by atoms with Crippen molar-refractivity contribution in [2.45, 2.75) is 0 Å². The Labute approximate surface area is 173 Å². The molecule has 0 spiro atoms. The van der Waals surface area contributed by atoms with Crippen LogP contribution in [0.4, 0.5) is 0 Å². The van der Waals surface area contributed by atoms with E-state index in [0.29, 0.717) is 34.5 Å². The molecular formula is C20H24N2O8. The number of carbonyl (C=O) groups is 2. The van der Waals surface area contributed by atoms with Crippen molar-refractivity contribution in [2.75, 3.05) is 42.7 Å². The van der Waals surface area contributed by atoms with Crippen LogP contribution in [0.25, 0.3) is 0 Å². The molecular weight excluding hydrogens is 396 g/mol. The second-order valence-electron chi connectivity index (χ2n) is 5.74. The van der Waals surface area contributed by atoms with Crippen molar-refractivity contribution in [3.8, 4) is 34.5 Å². The van der Waals surface area contributed by atoms with Crippen LogP contribution in [0.5, 0.6) is 34.5 Å². The smallest absolute Gasteiger partial charge is 0.269 e. The number of hydrazine groups is 1. The first-order valence-electron chi connectivity index (χ1n) is 8.64. The first-order chi connectivity index (χ1) is 14.4. The number of nitrogens with one attached hydrogen (secondary N) is 2. The van der Waals surface area contributed by atoms with Gasteiger partial charge in [0.25, 0.3) is 11.8 Å². The summed E-state index contributed by atoms with van der Waals surface area (Å²) in [5, 5.41) is 0. The summed E-state index contributed by atoms with van der Waals surface area (Å²) in [6, 6.07) is 5.84. The summed E-state index contributed by atoms with van der Waals surface area (Å²) in [5.74, 6) is 0.730. The maximum atomic E-state index is 12.5. The van der Waals surface area contributed by atoms with E-state index in [1.807, 2.05) is 0 Å². The summed E-state index contributed by atoms with van der Waals surface area (Å²) in [6.07, 6.45) is 0. The molecule has 0 saturated heterocycles. The number of hydrogen-bond donors (Lipinski definition) is 2. The lowest BCUT2D eigenvalue weighted by Gasteiger charge is -2.15. The van der Waals surface area contributed by atoms with Crippen LogP contribution in [0, 0.1) is 0 Å². The Kier molecular flexibility index (Phi) is 7.56. The summed E-state index contributed by atoms with van der Waals surface area (Å²) in [7, 11) is 8.66. The second-order valence-corrected chi connectivity index (χ2v) is 5.74. The van der Waals surface area contributed by atoms with Crippen LogP contribution >= 0.6 is 0 Å². The van der Waals surface area contributed by atoms with Crippen molar-refractivity contribution in [1.82, 2.24) is 10.9 Å². The molecule has 0 saturated carbocycles. The van der Waals surface area contributed by atoms with Crippen LogP contribution in [-0.2, 0) is 0 Å². The van der Waals surface area contributed by atoms with Gasteiger partial charge in [-0.15, -0.1) is 0 Å².